The van der Waals surface area contributed by atoms with Gasteiger partial charge in [-0.3, -0.25) is 0 Å². The summed E-state index contributed by atoms with van der Waals surface area (Å²) in [5.74, 6) is -0.616. The second kappa shape index (κ2) is 4.84. The first-order valence-electron chi connectivity index (χ1n) is 7.06. The molecule has 0 fully saturated rings. The Morgan fingerprint density at radius 3 is 1.43 bits per heavy atom. The Kier molecular flexibility index (Phi) is 4.35. The van der Waals surface area contributed by atoms with Crippen molar-refractivity contribution in [2.75, 3.05) is 0 Å². The molecule has 0 saturated heterocycles. The van der Waals surface area contributed by atoms with Crippen molar-refractivity contribution < 1.29 is 34.5 Å². The van der Waals surface area contributed by atoms with Crippen molar-refractivity contribution in [1.82, 2.24) is 0 Å². The van der Waals surface area contributed by atoms with Gasteiger partial charge in [-0.1, -0.05) is 0 Å². The summed E-state index contributed by atoms with van der Waals surface area (Å²) in [6.45, 7) is 8.36. The van der Waals surface area contributed by atoms with Crippen molar-refractivity contribution in [3.63, 3.8) is 0 Å². The molecule has 0 saturated carbocycles. The van der Waals surface area contributed by atoms with Crippen LogP contribution in [0.4, 0.5) is 0 Å². The molecule has 0 atom stereocenters. The quantitative estimate of drug-likeness (QED) is 0.382. The topological polar surface area (TPSA) is 142 Å². The van der Waals surface area contributed by atoms with E-state index in [1.165, 1.54) is 41.5 Å². The Bertz CT molecular complexity index is 625. The monoisotopic (exact) mass is 370 g/mol. The van der Waals surface area contributed by atoms with Crippen LogP contribution in [-0.4, -0.2) is 44.8 Å². The number of phenolic OH excluding ortho intramolecular Hbond substituents is 1. The molecule has 0 heterocycles. The predicted octanol–water partition coefficient (Wildman–Crippen LogP) is 0.790. The molecule has 0 amide bonds. The van der Waals surface area contributed by atoms with E-state index in [0.29, 0.717) is 0 Å². The Hall–Kier alpha value is -0.360. The molecule has 0 bridgehead atoms. The fraction of sp³-hybridized carbons (Fsp3) is 0.571. The average Bonchev–Trinajstić information content (AvgIpc) is 2.23. The van der Waals surface area contributed by atoms with E-state index >= 15 is 0 Å². The van der Waals surface area contributed by atoms with Gasteiger partial charge in [0, 0.05) is 0 Å². The first-order chi connectivity index (χ1) is 9.69. The van der Waals surface area contributed by atoms with Gasteiger partial charge in [0.15, 0.2) is 0 Å². The third-order valence-electron chi connectivity index (χ3n) is 4.35. The standard InChI is InChI=1S/C14H28O7P2/c1-13(2,3)22(16,17,18)10-7-8-11(15)12(9-10)23(19,20,21)14(4,5)6/h7-9,15-21H,1-6H3. The van der Waals surface area contributed by atoms with Crippen LogP contribution >= 0.6 is 14.6 Å². The molecular weight excluding hydrogens is 342 g/mol. The average molecular weight is 370 g/mol. The minimum atomic E-state index is -5.58. The van der Waals surface area contributed by atoms with Crippen molar-refractivity contribution in [3.8, 4) is 5.75 Å². The van der Waals surface area contributed by atoms with E-state index in [-0.39, 0.29) is 5.30 Å². The summed E-state index contributed by atoms with van der Waals surface area (Å²) in [5.41, 5.74) is 0. The second-order valence-electron chi connectivity index (χ2n) is 7.97. The van der Waals surface area contributed by atoms with Gasteiger partial charge in [-0.25, -0.2) is 0 Å². The van der Waals surface area contributed by atoms with Gasteiger partial charge in [-0.05, 0) is 0 Å². The molecule has 1 rings (SSSR count). The number of phenols is 1. The summed E-state index contributed by atoms with van der Waals surface area (Å²) in [6, 6.07) is 2.91. The molecular formula is C14H28O7P2. The van der Waals surface area contributed by atoms with Crippen LogP contribution in [0.15, 0.2) is 18.2 Å². The van der Waals surface area contributed by atoms with E-state index in [9.17, 15) is 34.5 Å². The molecule has 0 radical (unpaired) electrons. The maximum absolute atomic E-state index is 10.5. The third-order valence-corrected chi connectivity index (χ3v) is 11.8. The fourth-order valence-corrected chi connectivity index (χ4v) is 5.03. The Balaban J connectivity index is 3.80. The first kappa shape index (κ1) is 20.7. The van der Waals surface area contributed by atoms with Gasteiger partial charge in [-0.2, -0.15) is 0 Å². The molecule has 7 nitrogen and oxygen atoms in total. The Labute approximate surface area is 136 Å². The zero-order valence-electron chi connectivity index (χ0n) is 14.3. The Morgan fingerprint density at radius 1 is 0.696 bits per heavy atom. The van der Waals surface area contributed by atoms with E-state index in [1.54, 1.807) is 0 Å². The maximum atomic E-state index is 10.5. The summed E-state index contributed by atoms with van der Waals surface area (Å²) in [5, 5.41) is 6.18. The number of rotatable bonds is 2. The van der Waals surface area contributed by atoms with Crippen molar-refractivity contribution >= 4 is 25.2 Å². The summed E-state index contributed by atoms with van der Waals surface area (Å²) in [7, 11) is -11.0. The number of hydrogen-bond donors (Lipinski definition) is 7. The normalized spacial score (nSPS) is 17.9. The first-order valence-corrected chi connectivity index (χ1v) is 11.2. The molecule has 23 heavy (non-hydrogen) atoms. The van der Waals surface area contributed by atoms with E-state index in [1.807, 2.05) is 0 Å². The van der Waals surface area contributed by atoms with Crippen LogP contribution in [0.2, 0.25) is 0 Å². The number of aromatic hydroxyl groups is 1. The van der Waals surface area contributed by atoms with Crippen LogP contribution in [0.5, 0.6) is 5.75 Å². The molecule has 9 heteroatoms. The summed E-state index contributed by atoms with van der Waals surface area (Å²) in [4.78, 5) is 62.9. The molecule has 0 aliphatic rings. The summed E-state index contributed by atoms with van der Waals surface area (Å²) < 4.78 is 0. The van der Waals surface area contributed by atoms with Gasteiger partial charge in [0.25, 0.3) is 0 Å². The molecule has 0 aliphatic carbocycles. The van der Waals surface area contributed by atoms with Gasteiger partial charge in [0.1, 0.15) is 0 Å². The van der Waals surface area contributed by atoms with Crippen LogP contribution < -0.4 is 10.6 Å². The molecule has 0 unspecified atom stereocenters. The van der Waals surface area contributed by atoms with Gasteiger partial charge in [0.2, 0.25) is 0 Å². The zero-order chi connectivity index (χ0) is 18.7. The number of benzene rings is 1. The van der Waals surface area contributed by atoms with E-state index in [0.717, 1.165) is 18.2 Å². The van der Waals surface area contributed by atoms with Crippen LogP contribution in [0, 0.1) is 0 Å². The van der Waals surface area contributed by atoms with E-state index in [2.05, 4.69) is 0 Å². The van der Waals surface area contributed by atoms with Crippen LogP contribution in [0.1, 0.15) is 41.5 Å². The van der Waals surface area contributed by atoms with Crippen LogP contribution in [0.3, 0.4) is 0 Å². The predicted molar refractivity (Wildman–Crippen MR) is 94.0 cm³/mol. The molecule has 0 aliphatic heterocycles. The fourth-order valence-electron chi connectivity index (χ4n) is 1.85. The minimum absolute atomic E-state index is 0.383. The van der Waals surface area contributed by atoms with Gasteiger partial charge >= 0.3 is 135 Å². The second-order valence-corrected chi connectivity index (χ2v) is 15.6. The summed E-state index contributed by atoms with van der Waals surface area (Å²) >= 11 is 0. The SMILES string of the molecule is CC(C)(C)P(O)(O)(O)c1ccc(O)c(P(O)(O)(O)C(C)(C)C)c1. The van der Waals surface area contributed by atoms with Crippen molar-refractivity contribution in [2.24, 2.45) is 0 Å². The molecule has 1 aromatic carbocycles. The van der Waals surface area contributed by atoms with E-state index in [4.69, 9.17) is 0 Å². The third kappa shape index (κ3) is 3.01. The Morgan fingerprint density at radius 2 is 1.09 bits per heavy atom. The number of hydrogen-bond acceptors (Lipinski definition) is 7. The van der Waals surface area contributed by atoms with Gasteiger partial charge in [-0.15, -0.1) is 0 Å². The van der Waals surface area contributed by atoms with Crippen molar-refractivity contribution in [3.05, 3.63) is 18.2 Å². The molecule has 1 aromatic rings. The van der Waals surface area contributed by atoms with Gasteiger partial charge in [0.05, 0.1) is 0 Å². The molecule has 136 valence electrons. The van der Waals surface area contributed by atoms with Gasteiger partial charge < -0.3 is 0 Å². The van der Waals surface area contributed by atoms with E-state index < -0.39 is 35.9 Å². The van der Waals surface area contributed by atoms with Crippen molar-refractivity contribution in [2.45, 2.75) is 51.9 Å². The van der Waals surface area contributed by atoms with Crippen LogP contribution in [0.25, 0.3) is 0 Å². The zero-order valence-corrected chi connectivity index (χ0v) is 16.0. The molecule has 7 N–H and O–H groups in total. The molecule has 0 aromatic heterocycles. The van der Waals surface area contributed by atoms with Crippen molar-refractivity contribution in [1.29, 1.82) is 0 Å². The molecule has 0 spiro atoms. The van der Waals surface area contributed by atoms with Crippen LogP contribution in [-0.2, 0) is 0 Å². The summed E-state index contributed by atoms with van der Waals surface area (Å²) in [6.07, 6.45) is 0.